The number of carbonyl (C=O) groups excluding carboxylic acids is 2. The van der Waals surface area contributed by atoms with E-state index in [1.54, 1.807) is 0 Å². The van der Waals surface area contributed by atoms with Crippen LogP contribution in [-0.2, 0) is 14.3 Å². The van der Waals surface area contributed by atoms with Gasteiger partial charge >= 0.3 is 5.97 Å². The van der Waals surface area contributed by atoms with Gasteiger partial charge in [-0.2, -0.15) is 0 Å². The molecule has 4 nitrogen and oxygen atoms in total. The quantitative estimate of drug-likeness (QED) is 0.410. The van der Waals surface area contributed by atoms with E-state index in [4.69, 9.17) is 4.74 Å². The fourth-order valence-electron chi connectivity index (χ4n) is 8.65. The highest BCUT2D eigenvalue weighted by Gasteiger charge is 2.62. The van der Waals surface area contributed by atoms with Crippen molar-refractivity contribution < 1.29 is 19.4 Å². The number of Topliss-reactive ketones (excluding diaryl/α,β-unsaturated/α-hetero) is 1. The monoisotopic (exact) mass is 446 g/mol. The Morgan fingerprint density at radius 3 is 2.50 bits per heavy atom. The Labute approximate surface area is 195 Å². The maximum absolute atomic E-state index is 12.1. The van der Waals surface area contributed by atoms with Crippen LogP contribution in [0.1, 0.15) is 112 Å². The highest BCUT2D eigenvalue weighted by molar-refractivity contribution is 5.79. The molecule has 8 atom stereocenters. The fourth-order valence-corrected chi connectivity index (χ4v) is 8.65. The molecule has 0 aliphatic heterocycles. The van der Waals surface area contributed by atoms with Gasteiger partial charge in [-0.1, -0.05) is 20.3 Å². The molecule has 4 aliphatic rings. The summed E-state index contributed by atoms with van der Waals surface area (Å²) in [5, 5.41) is 11.3. The number of hydrogen-bond donors (Lipinski definition) is 1. The predicted octanol–water partition coefficient (Wildman–Crippen LogP) is 6.09. The van der Waals surface area contributed by atoms with Gasteiger partial charge < -0.3 is 9.84 Å². The minimum absolute atomic E-state index is 0.0763. The maximum Gasteiger partial charge on any atom is 0.306 e. The number of fused-ring (bicyclic) bond motifs is 5. The van der Waals surface area contributed by atoms with Crippen LogP contribution < -0.4 is 0 Å². The largest absolute Gasteiger partial charge is 0.460 e. The van der Waals surface area contributed by atoms with Crippen molar-refractivity contribution in [3.63, 3.8) is 0 Å². The van der Waals surface area contributed by atoms with Crippen molar-refractivity contribution in [2.75, 3.05) is 0 Å². The Balaban J connectivity index is 1.37. The van der Waals surface area contributed by atoms with E-state index in [9.17, 15) is 14.7 Å². The predicted molar refractivity (Wildman–Crippen MR) is 126 cm³/mol. The molecule has 4 rings (SSSR count). The van der Waals surface area contributed by atoms with E-state index in [-0.39, 0.29) is 17.5 Å². The average molecular weight is 447 g/mol. The van der Waals surface area contributed by atoms with E-state index in [1.165, 1.54) is 32.1 Å². The van der Waals surface area contributed by atoms with Crippen LogP contribution in [0.2, 0.25) is 0 Å². The van der Waals surface area contributed by atoms with Gasteiger partial charge in [-0.25, -0.2) is 0 Å². The van der Waals surface area contributed by atoms with Crippen LogP contribution in [-0.4, -0.2) is 28.6 Å². The summed E-state index contributed by atoms with van der Waals surface area (Å²) in [5.41, 5.74) is 0.163. The number of aliphatic hydroxyl groups is 1. The van der Waals surface area contributed by atoms with Crippen LogP contribution in [0.4, 0.5) is 0 Å². The number of carbonyl (C=O) groups is 2. The minimum atomic E-state index is -0.399. The van der Waals surface area contributed by atoms with Gasteiger partial charge in [0.25, 0.3) is 0 Å². The molecule has 1 N–H and O–H groups in total. The third kappa shape index (κ3) is 4.42. The number of esters is 1. The first-order valence-corrected chi connectivity index (χ1v) is 13.4. The van der Waals surface area contributed by atoms with Crippen molar-refractivity contribution in [1.82, 2.24) is 0 Å². The Morgan fingerprint density at radius 1 is 1.06 bits per heavy atom. The Bertz CT molecular complexity index is 723. The maximum atomic E-state index is 12.1. The lowest BCUT2D eigenvalue weighted by Crippen LogP contribution is -2.58. The second-order valence-electron chi connectivity index (χ2n) is 13.2. The van der Waals surface area contributed by atoms with Crippen LogP contribution in [0.3, 0.4) is 0 Å². The summed E-state index contributed by atoms with van der Waals surface area (Å²) >= 11 is 0. The summed E-state index contributed by atoms with van der Waals surface area (Å²) in [4.78, 5) is 24.2. The van der Waals surface area contributed by atoms with Crippen molar-refractivity contribution in [2.45, 2.75) is 123 Å². The third-order valence-electron chi connectivity index (χ3n) is 10.3. The van der Waals surface area contributed by atoms with Crippen molar-refractivity contribution in [3.05, 3.63) is 0 Å². The Morgan fingerprint density at radius 2 is 1.78 bits per heavy atom. The molecule has 182 valence electrons. The zero-order chi connectivity index (χ0) is 23.3. The number of unbranched alkanes of at least 4 members (excludes halogenated alkanes) is 1. The molecule has 4 aliphatic carbocycles. The minimum Gasteiger partial charge on any atom is -0.460 e. The number of rotatable bonds is 5. The molecule has 4 saturated carbocycles. The standard InChI is InChI=1S/C28H46O4/c1-26(2,3)32-24(31)9-7-6-8-18-10-11-21-25-22(13-15-27(18,21)4)28(5)14-12-20(29)16-19(28)17-23(25)30/h18-19,21-23,25,30H,6-17H2,1-5H3/t18?,19?,21?,22?,23-,25?,27?,28-/m0/s1. The molecule has 0 bridgehead atoms. The number of ketones is 1. The third-order valence-corrected chi connectivity index (χ3v) is 10.3. The van der Waals surface area contributed by atoms with Crippen LogP contribution in [0.25, 0.3) is 0 Å². The van der Waals surface area contributed by atoms with Crippen molar-refractivity contribution in [3.8, 4) is 0 Å². The van der Waals surface area contributed by atoms with Gasteiger partial charge in [0, 0.05) is 19.3 Å². The zero-order valence-corrected chi connectivity index (χ0v) is 21.1. The molecule has 0 heterocycles. The Kier molecular flexibility index (Phi) is 6.59. The van der Waals surface area contributed by atoms with E-state index < -0.39 is 5.60 Å². The van der Waals surface area contributed by atoms with Crippen molar-refractivity contribution in [1.29, 1.82) is 0 Å². The number of hydrogen-bond acceptors (Lipinski definition) is 4. The topological polar surface area (TPSA) is 63.6 Å². The van der Waals surface area contributed by atoms with E-state index in [1.807, 2.05) is 20.8 Å². The molecule has 6 unspecified atom stereocenters. The normalized spacial score (nSPS) is 43.9. The molecular weight excluding hydrogens is 400 g/mol. The molecule has 32 heavy (non-hydrogen) atoms. The van der Waals surface area contributed by atoms with Gasteiger partial charge in [0.1, 0.15) is 11.4 Å². The van der Waals surface area contributed by atoms with Gasteiger partial charge in [-0.05, 0) is 113 Å². The van der Waals surface area contributed by atoms with Gasteiger partial charge in [0.15, 0.2) is 0 Å². The molecule has 0 aromatic carbocycles. The average Bonchev–Trinajstić information content (AvgIpc) is 3.02. The highest BCUT2D eigenvalue weighted by Crippen LogP contribution is 2.67. The van der Waals surface area contributed by atoms with Crippen LogP contribution in [0.15, 0.2) is 0 Å². The fraction of sp³-hybridized carbons (Fsp3) is 0.929. The Hall–Kier alpha value is -0.900. The summed E-state index contributed by atoms with van der Waals surface area (Å²) in [6.07, 6.45) is 11.8. The number of aliphatic hydroxyl groups excluding tert-OH is 1. The van der Waals surface area contributed by atoms with Gasteiger partial charge in [-0.3, -0.25) is 9.59 Å². The van der Waals surface area contributed by atoms with Crippen LogP contribution >= 0.6 is 0 Å². The second kappa shape index (κ2) is 8.71. The molecule has 0 spiro atoms. The first-order chi connectivity index (χ1) is 14.9. The molecule has 0 aromatic rings. The molecule has 4 heteroatoms. The second-order valence-corrected chi connectivity index (χ2v) is 13.2. The molecular formula is C28H46O4. The summed E-state index contributed by atoms with van der Waals surface area (Å²) in [6.45, 7) is 10.7. The van der Waals surface area contributed by atoms with Crippen molar-refractivity contribution in [2.24, 2.45) is 40.4 Å². The molecule has 0 radical (unpaired) electrons. The van der Waals surface area contributed by atoms with Crippen molar-refractivity contribution >= 4 is 11.8 Å². The van der Waals surface area contributed by atoms with E-state index in [0.29, 0.717) is 53.6 Å². The number of ether oxygens (including phenoxy) is 1. The van der Waals surface area contributed by atoms with Gasteiger partial charge in [0.05, 0.1) is 6.10 Å². The van der Waals surface area contributed by atoms with E-state index >= 15 is 0 Å². The van der Waals surface area contributed by atoms with E-state index in [2.05, 4.69) is 13.8 Å². The lowest BCUT2D eigenvalue weighted by atomic mass is 9.44. The molecule has 0 saturated heterocycles. The van der Waals surface area contributed by atoms with Gasteiger partial charge in [-0.15, -0.1) is 0 Å². The molecule has 0 amide bonds. The van der Waals surface area contributed by atoms with Gasteiger partial charge in [0.2, 0.25) is 0 Å². The van der Waals surface area contributed by atoms with Crippen LogP contribution in [0.5, 0.6) is 0 Å². The SMILES string of the molecule is CC(C)(C)OC(=O)CCCCC1CCC2C3C(CCC12C)[C@@]1(C)CCC(=O)CC1C[C@@H]3O. The first-order valence-electron chi connectivity index (χ1n) is 13.4. The summed E-state index contributed by atoms with van der Waals surface area (Å²) in [7, 11) is 0. The zero-order valence-electron chi connectivity index (χ0n) is 21.1. The summed E-state index contributed by atoms with van der Waals surface area (Å²) in [6, 6.07) is 0. The summed E-state index contributed by atoms with van der Waals surface area (Å²) < 4.78 is 5.46. The first kappa shape index (κ1) is 24.2. The lowest BCUT2D eigenvalue weighted by Gasteiger charge is -2.61. The van der Waals surface area contributed by atoms with E-state index in [0.717, 1.165) is 32.1 Å². The smallest absolute Gasteiger partial charge is 0.306 e. The highest BCUT2D eigenvalue weighted by atomic mass is 16.6. The lowest BCUT2D eigenvalue weighted by molar-refractivity contribution is -0.167. The summed E-state index contributed by atoms with van der Waals surface area (Å²) in [5.74, 6) is 3.02. The molecule has 4 fully saturated rings. The van der Waals surface area contributed by atoms with Crippen LogP contribution in [0, 0.1) is 40.4 Å². The molecule has 0 aromatic heterocycles.